The largest absolute Gasteiger partial charge is 0.495 e. The quantitative estimate of drug-likeness (QED) is 0.697. The summed E-state index contributed by atoms with van der Waals surface area (Å²) < 4.78 is 5.20. The van der Waals surface area contributed by atoms with Crippen LogP contribution in [0.4, 0.5) is 5.69 Å². The summed E-state index contributed by atoms with van der Waals surface area (Å²) in [5.41, 5.74) is 2.78. The van der Waals surface area contributed by atoms with Gasteiger partial charge in [0.15, 0.2) is 5.11 Å². The average molecular weight is 388 g/mol. The summed E-state index contributed by atoms with van der Waals surface area (Å²) in [6, 6.07) is 14.3. The smallest absolute Gasteiger partial charge is 0.255 e. The van der Waals surface area contributed by atoms with Gasteiger partial charge in [-0.25, -0.2) is 0 Å². The molecule has 0 aliphatic carbocycles. The lowest BCUT2D eigenvalue weighted by Gasteiger charge is -2.30. The number of hydrogen-bond acceptors (Lipinski definition) is 3. The summed E-state index contributed by atoms with van der Waals surface area (Å²) in [4.78, 5) is 12.9. The standard InChI is InChI=1S/C19H18ClN3O2S/c1-11-16(18(24)22-13-6-4-3-5-7-13)17(23-19(26)21-11)12-8-9-15(25-2)14(20)10-12/h3-10,17H,1-2H3,(H,22,24)(H2,21,23,26)/t17-/m0/s1. The Kier molecular flexibility index (Phi) is 5.44. The van der Waals surface area contributed by atoms with E-state index in [-0.39, 0.29) is 5.91 Å². The molecule has 0 radical (unpaired) electrons. The van der Waals surface area contributed by atoms with Gasteiger partial charge in [-0.15, -0.1) is 0 Å². The number of allylic oxidation sites excluding steroid dienone is 1. The zero-order valence-corrected chi connectivity index (χ0v) is 15.9. The second-order valence-corrected chi connectivity index (χ2v) is 6.60. The first-order chi connectivity index (χ1) is 12.5. The number of benzene rings is 2. The molecule has 0 unspecified atom stereocenters. The van der Waals surface area contributed by atoms with E-state index < -0.39 is 6.04 Å². The normalized spacial score (nSPS) is 16.6. The highest BCUT2D eigenvalue weighted by atomic mass is 35.5. The Labute approximate surface area is 162 Å². The van der Waals surface area contributed by atoms with Crippen LogP contribution in [-0.2, 0) is 4.79 Å². The number of rotatable bonds is 4. The Morgan fingerprint density at radius 1 is 1.23 bits per heavy atom. The molecule has 3 rings (SSSR count). The van der Waals surface area contributed by atoms with Crippen molar-refractivity contribution in [1.82, 2.24) is 10.6 Å². The van der Waals surface area contributed by atoms with Gasteiger partial charge >= 0.3 is 0 Å². The van der Waals surface area contributed by atoms with Crippen LogP contribution in [0.2, 0.25) is 5.02 Å². The van der Waals surface area contributed by atoms with Crippen molar-refractivity contribution in [2.24, 2.45) is 0 Å². The molecule has 0 fully saturated rings. The van der Waals surface area contributed by atoms with Gasteiger partial charge in [-0.1, -0.05) is 35.9 Å². The van der Waals surface area contributed by atoms with Gasteiger partial charge in [0.05, 0.1) is 23.7 Å². The number of anilines is 1. The molecule has 0 saturated carbocycles. The monoisotopic (exact) mass is 387 g/mol. The number of para-hydroxylation sites is 1. The summed E-state index contributed by atoms with van der Waals surface area (Å²) in [5.74, 6) is 0.357. The van der Waals surface area contributed by atoms with Gasteiger partial charge in [0.1, 0.15) is 5.75 Å². The molecule has 2 aromatic rings. The molecular formula is C19H18ClN3O2S. The lowest BCUT2D eigenvalue weighted by Crippen LogP contribution is -2.45. The molecule has 5 nitrogen and oxygen atoms in total. The van der Waals surface area contributed by atoms with Crippen molar-refractivity contribution >= 4 is 40.5 Å². The van der Waals surface area contributed by atoms with Crippen LogP contribution in [0, 0.1) is 0 Å². The predicted octanol–water partition coefficient (Wildman–Crippen LogP) is 3.78. The number of carbonyl (C=O) groups is 1. The minimum Gasteiger partial charge on any atom is -0.495 e. The molecule has 1 atom stereocenters. The van der Waals surface area contributed by atoms with Crippen LogP contribution in [0.15, 0.2) is 59.8 Å². The molecule has 0 spiro atoms. The van der Waals surface area contributed by atoms with E-state index in [2.05, 4.69) is 16.0 Å². The molecule has 7 heteroatoms. The zero-order chi connectivity index (χ0) is 18.7. The minimum atomic E-state index is -0.420. The third-order valence-corrected chi connectivity index (χ3v) is 4.57. The van der Waals surface area contributed by atoms with Crippen molar-refractivity contribution in [3.63, 3.8) is 0 Å². The number of hydrogen-bond donors (Lipinski definition) is 3. The number of nitrogens with one attached hydrogen (secondary N) is 3. The lowest BCUT2D eigenvalue weighted by atomic mass is 9.94. The number of ether oxygens (including phenoxy) is 1. The Balaban J connectivity index is 1.96. The topological polar surface area (TPSA) is 62.4 Å². The van der Waals surface area contributed by atoms with E-state index in [0.717, 1.165) is 11.3 Å². The van der Waals surface area contributed by atoms with Crippen molar-refractivity contribution in [3.05, 3.63) is 70.4 Å². The highest BCUT2D eigenvalue weighted by Crippen LogP contribution is 2.32. The van der Waals surface area contributed by atoms with Crippen molar-refractivity contribution < 1.29 is 9.53 Å². The maximum absolute atomic E-state index is 12.9. The third kappa shape index (κ3) is 3.81. The van der Waals surface area contributed by atoms with Crippen LogP contribution in [0.5, 0.6) is 5.75 Å². The van der Waals surface area contributed by atoms with Gasteiger partial charge in [0, 0.05) is 11.4 Å². The van der Waals surface area contributed by atoms with E-state index >= 15 is 0 Å². The maximum Gasteiger partial charge on any atom is 0.255 e. The van der Waals surface area contributed by atoms with E-state index in [1.807, 2.05) is 43.3 Å². The van der Waals surface area contributed by atoms with Gasteiger partial charge in [-0.2, -0.15) is 0 Å². The number of halogens is 1. The van der Waals surface area contributed by atoms with Crippen LogP contribution < -0.4 is 20.7 Å². The molecule has 1 heterocycles. The first-order valence-electron chi connectivity index (χ1n) is 7.97. The predicted molar refractivity (Wildman–Crippen MR) is 107 cm³/mol. The fourth-order valence-electron chi connectivity index (χ4n) is 2.83. The first-order valence-corrected chi connectivity index (χ1v) is 8.76. The van der Waals surface area contributed by atoms with Crippen LogP contribution in [0.25, 0.3) is 0 Å². The summed E-state index contributed by atoms with van der Waals surface area (Å²) in [6.45, 7) is 1.82. The molecule has 0 bridgehead atoms. The molecular weight excluding hydrogens is 370 g/mol. The van der Waals surface area contributed by atoms with E-state index in [4.69, 9.17) is 28.6 Å². The average Bonchev–Trinajstić information content (AvgIpc) is 2.61. The van der Waals surface area contributed by atoms with E-state index in [1.165, 1.54) is 0 Å². The van der Waals surface area contributed by atoms with E-state index in [0.29, 0.717) is 27.2 Å². The first kappa shape index (κ1) is 18.2. The number of carbonyl (C=O) groups excluding carboxylic acids is 1. The molecule has 0 saturated heterocycles. The molecule has 3 N–H and O–H groups in total. The molecule has 134 valence electrons. The van der Waals surface area contributed by atoms with Crippen molar-refractivity contribution in [3.8, 4) is 5.75 Å². The van der Waals surface area contributed by atoms with Crippen LogP contribution in [-0.4, -0.2) is 18.1 Å². The zero-order valence-electron chi connectivity index (χ0n) is 14.3. The minimum absolute atomic E-state index is 0.215. The van der Waals surface area contributed by atoms with Crippen molar-refractivity contribution in [2.75, 3.05) is 12.4 Å². The molecule has 26 heavy (non-hydrogen) atoms. The molecule has 1 amide bonds. The highest BCUT2D eigenvalue weighted by molar-refractivity contribution is 7.80. The van der Waals surface area contributed by atoms with Gasteiger partial charge in [0.2, 0.25) is 0 Å². The fraction of sp³-hybridized carbons (Fsp3) is 0.158. The Morgan fingerprint density at radius 2 is 1.96 bits per heavy atom. The number of thiocarbonyl (C=S) groups is 1. The van der Waals surface area contributed by atoms with Gasteiger partial charge < -0.3 is 20.7 Å². The van der Waals surface area contributed by atoms with Crippen LogP contribution in [0.3, 0.4) is 0 Å². The molecule has 2 aromatic carbocycles. The molecule has 1 aliphatic rings. The van der Waals surface area contributed by atoms with Gasteiger partial charge in [0.25, 0.3) is 5.91 Å². The lowest BCUT2D eigenvalue weighted by molar-refractivity contribution is -0.113. The molecule has 0 aromatic heterocycles. The second kappa shape index (κ2) is 7.76. The maximum atomic E-state index is 12.9. The van der Waals surface area contributed by atoms with Crippen molar-refractivity contribution in [1.29, 1.82) is 0 Å². The molecule has 1 aliphatic heterocycles. The van der Waals surface area contributed by atoms with E-state index in [1.54, 1.807) is 19.2 Å². The highest BCUT2D eigenvalue weighted by Gasteiger charge is 2.30. The second-order valence-electron chi connectivity index (χ2n) is 5.78. The van der Waals surface area contributed by atoms with Gasteiger partial charge in [-0.05, 0) is 49.0 Å². The summed E-state index contributed by atoms with van der Waals surface area (Å²) in [5, 5.41) is 10.0. The third-order valence-electron chi connectivity index (χ3n) is 4.05. The summed E-state index contributed by atoms with van der Waals surface area (Å²) >= 11 is 11.5. The number of methoxy groups -OCH3 is 1. The van der Waals surface area contributed by atoms with E-state index in [9.17, 15) is 4.79 Å². The Hall–Kier alpha value is -2.57. The summed E-state index contributed by atoms with van der Waals surface area (Å²) in [7, 11) is 1.56. The summed E-state index contributed by atoms with van der Waals surface area (Å²) in [6.07, 6.45) is 0. The Morgan fingerprint density at radius 3 is 2.62 bits per heavy atom. The fourth-order valence-corrected chi connectivity index (χ4v) is 3.36. The van der Waals surface area contributed by atoms with Crippen LogP contribution >= 0.6 is 23.8 Å². The van der Waals surface area contributed by atoms with Crippen LogP contribution in [0.1, 0.15) is 18.5 Å². The van der Waals surface area contributed by atoms with Gasteiger partial charge in [-0.3, -0.25) is 4.79 Å². The van der Waals surface area contributed by atoms with Crippen molar-refractivity contribution in [2.45, 2.75) is 13.0 Å². The Bertz CT molecular complexity index is 884. The SMILES string of the molecule is COc1ccc([C@@H]2NC(=S)NC(C)=C2C(=O)Nc2ccccc2)cc1Cl. The number of amides is 1.